The molecule has 3 heteroatoms. The van der Waals surface area contributed by atoms with E-state index in [9.17, 15) is 4.79 Å². The third kappa shape index (κ3) is 5.30. The van der Waals surface area contributed by atoms with Crippen LogP contribution in [0.3, 0.4) is 0 Å². The van der Waals surface area contributed by atoms with Crippen LogP contribution >= 0.6 is 11.8 Å². The molecule has 2 nitrogen and oxygen atoms in total. The minimum Gasteiger partial charge on any atom is -0.344 e. The van der Waals surface area contributed by atoms with Crippen molar-refractivity contribution >= 4 is 39.4 Å². The number of aryl methyl sites for hydroxylation is 1. The zero-order valence-electron chi connectivity index (χ0n) is 18.1. The van der Waals surface area contributed by atoms with Gasteiger partial charge in [0.15, 0.2) is 0 Å². The number of fused-ring (bicyclic) bond motifs is 4. The first kappa shape index (κ1) is 22.8. The molecule has 0 saturated heterocycles. The van der Waals surface area contributed by atoms with E-state index in [2.05, 4.69) is 66.2 Å². The third-order valence-electron chi connectivity index (χ3n) is 4.57. The van der Waals surface area contributed by atoms with E-state index >= 15 is 0 Å². The Bertz CT molecular complexity index is 1010. The molecule has 0 saturated carbocycles. The van der Waals surface area contributed by atoms with Crippen LogP contribution in [0.15, 0.2) is 77.7 Å². The van der Waals surface area contributed by atoms with Crippen LogP contribution in [0.4, 0.5) is 0 Å². The lowest BCUT2D eigenvalue weighted by molar-refractivity contribution is -0.116. The van der Waals surface area contributed by atoms with Gasteiger partial charge in [0, 0.05) is 40.2 Å². The number of aromatic nitrogens is 1. The van der Waals surface area contributed by atoms with Crippen molar-refractivity contribution in [2.45, 2.75) is 39.0 Å². The van der Waals surface area contributed by atoms with Gasteiger partial charge in [-0.3, -0.25) is 4.79 Å². The highest BCUT2D eigenvalue weighted by Gasteiger charge is 2.14. The summed E-state index contributed by atoms with van der Waals surface area (Å²) in [5.74, 6) is 0.991. The van der Waals surface area contributed by atoms with Gasteiger partial charge in [-0.15, -0.1) is 11.8 Å². The van der Waals surface area contributed by atoms with Crippen molar-refractivity contribution in [1.29, 1.82) is 0 Å². The molecule has 1 aliphatic heterocycles. The lowest BCUT2D eigenvalue weighted by atomic mass is 10.1. The summed E-state index contributed by atoms with van der Waals surface area (Å²) >= 11 is 1.65. The summed E-state index contributed by atoms with van der Waals surface area (Å²) in [6, 6.07) is 25.1. The molecule has 0 aliphatic carbocycles. The fourth-order valence-corrected chi connectivity index (χ4v) is 4.25. The Balaban J connectivity index is 0.000000181. The van der Waals surface area contributed by atoms with Gasteiger partial charge in [-0.2, -0.15) is 0 Å². The van der Waals surface area contributed by atoms with Crippen molar-refractivity contribution in [3.63, 3.8) is 0 Å². The summed E-state index contributed by atoms with van der Waals surface area (Å²) in [6.45, 7) is 8.00. The first-order chi connectivity index (χ1) is 14.2. The quantitative estimate of drug-likeness (QED) is 0.306. The lowest BCUT2D eigenvalue weighted by Crippen LogP contribution is -2.11. The average Bonchev–Trinajstić information content (AvgIpc) is 3.10. The number of rotatable bonds is 0. The fourth-order valence-electron chi connectivity index (χ4n) is 3.33. The zero-order valence-corrected chi connectivity index (χ0v) is 18.9. The molecule has 4 aromatic rings. The molecule has 0 unspecified atom stereocenters. The molecule has 5 rings (SSSR count). The van der Waals surface area contributed by atoms with Crippen LogP contribution in [-0.2, 0) is 18.3 Å². The van der Waals surface area contributed by atoms with Crippen LogP contribution in [0.5, 0.6) is 0 Å². The number of hydrogen-bond donors (Lipinski definition) is 0. The molecule has 152 valence electrons. The predicted molar refractivity (Wildman–Crippen MR) is 129 cm³/mol. The Kier molecular flexibility index (Phi) is 9.01. The Hall–Kier alpha value is -2.52. The molecule has 0 fully saturated rings. The van der Waals surface area contributed by atoms with Gasteiger partial charge in [0.1, 0.15) is 5.78 Å². The number of carbonyl (C=O) groups excluding carboxylic acids is 1. The van der Waals surface area contributed by atoms with Crippen molar-refractivity contribution in [1.82, 2.24) is 4.57 Å². The minimum atomic E-state index is 0.341. The molecule has 29 heavy (non-hydrogen) atoms. The predicted octanol–water partition coefficient (Wildman–Crippen LogP) is 7.29. The van der Waals surface area contributed by atoms with Gasteiger partial charge in [-0.25, -0.2) is 0 Å². The van der Waals surface area contributed by atoms with E-state index in [0.717, 1.165) is 0 Å². The molecule has 0 amide bonds. The summed E-state index contributed by atoms with van der Waals surface area (Å²) < 4.78 is 2.24. The third-order valence-corrected chi connectivity index (χ3v) is 5.75. The van der Waals surface area contributed by atoms with Gasteiger partial charge in [-0.05, 0) is 23.8 Å². The standard InChI is InChI=1S/C13H11N.C9H8OS.2C2H6/c1-14-12-8-4-2-6-10(12)11-7-3-5-9-13(11)14;10-8-5-7-3-1-2-4-9(7)11-6-8;2*1-2/h2-9H,1H3;1-4H,5-6H2;2*1-2H3. The maximum atomic E-state index is 11.0. The number of carbonyl (C=O) groups is 1. The van der Waals surface area contributed by atoms with E-state index in [4.69, 9.17) is 0 Å². The highest BCUT2D eigenvalue weighted by Crippen LogP contribution is 2.28. The van der Waals surface area contributed by atoms with Crippen LogP contribution in [0.1, 0.15) is 33.3 Å². The first-order valence-electron chi connectivity index (χ1n) is 10.4. The summed E-state index contributed by atoms with van der Waals surface area (Å²) in [7, 11) is 2.12. The average molecular weight is 406 g/mol. The molecule has 3 aromatic carbocycles. The second kappa shape index (κ2) is 11.5. The second-order valence-electron chi connectivity index (χ2n) is 6.21. The van der Waals surface area contributed by atoms with E-state index in [-0.39, 0.29) is 0 Å². The van der Waals surface area contributed by atoms with Gasteiger partial charge in [0.25, 0.3) is 0 Å². The van der Waals surface area contributed by atoms with Gasteiger partial charge in [-0.1, -0.05) is 82.3 Å². The Labute approximate surface area is 178 Å². The largest absolute Gasteiger partial charge is 0.344 e. The normalized spacial score (nSPS) is 12.0. The van der Waals surface area contributed by atoms with Gasteiger partial charge in [0.05, 0.1) is 5.75 Å². The van der Waals surface area contributed by atoms with E-state index < -0.39 is 0 Å². The molecular weight excluding hydrogens is 374 g/mol. The first-order valence-corrected chi connectivity index (χ1v) is 11.4. The topological polar surface area (TPSA) is 22.0 Å². The molecule has 0 bridgehead atoms. The van der Waals surface area contributed by atoms with Crippen molar-refractivity contribution < 1.29 is 4.79 Å². The molecule has 0 N–H and O–H groups in total. The molecule has 1 aromatic heterocycles. The van der Waals surface area contributed by atoms with Crippen molar-refractivity contribution in [2.75, 3.05) is 5.75 Å². The fraction of sp³-hybridized carbons (Fsp3) is 0.269. The summed E-state index contributed by atoms with van der Waals surface area (Å²) in [5, 5.41) is 2.68. The second-order valence-corrected chi connectivity index (χ2v) is 7.22. The monoisotopic (exact) mass is 405 g/mol. The van der Waals surface area contributed by atoms with Crippen LogP contribution in [0.2, 0.25) is 0 Å². The lowest BCUT2D eigenvalue weighted by Gasteiger charge is -2.12. The van der Waals surface area contributed by atoms with Crippen LogP contribution in [-0.4, -0.2) is 16.1 Å². The number of hydrogen-bond acceptors (Lipinski definition) is 2. The van der Waals surface area contributed by atoms with E-state index in [1.807, 2.05) is 45.9 Å². The number of thioether (sulfide) groups is 1. The molecule has 2 heterocycles. The van der Waals surface area contributed by atoms with Crippen molar-refractivity contribution in [3.05, 3.63) is 78.4 Å². The smallest absolute Gasteiger partial charge is 0.147 e. The van der Waals surface area contributed by atoms with E-state index in [1.165, 1.54) is 32.3 Å². The van der Waals surface area contributed by atoms with Crippen molar-refractivity contribution in [2.24, 2.45) is 7.05 Å². The number of para-hydroxylation sites is 2. The summed E-state index contributed by atoms with van der Waals surface area (Å²) in [6.07, 6.45) is 0.628. The van der Waals surface area contributed by atoms with Gasteiger partial charge < -0.3 is 4.57 Å². The molecular formula is C26H31NOS. The summed E-state index contributed by atoms with van der Waals surface area (Å²) in [4.78, 5) is 12.3. The maximum absolute atomic E-state index is 11.0. The zero-order chi connectivity index (χ0) is 21.2. The Morgan fingerprint density at radius 2 is 1.21 bits per heavy atom. The number of ketones is 1. The summed E-state index contributed by atoms with van der Waals surface area (Å²) in [5.41, 5.74) is 3.79. The molecule has 1 aliphatic rings. The molecule has 0 atom stereocenters. The maximum Gasteiger partial charge on any atom is 0.147 e. The van der Waals surface area contributed by atoms with Gasteiger partial charge in [0.2, 0.25) is 0 Å². The Morgan fingerprint density at radius 3 is 1.79 bits per heavy atom. The van der Waals surface area contributed by atoms with Gasteiger partial charge >= 0.3 is 0 Å². The number of Topliss-reactive ketones (excluding diaryl/α,β-unsaturated/α-hetero) is 1. The van der Waals surface area contributed by atoms with Crippen LogP contribution < -0.4 is 0 Å². The Morgan fingerprint density at radius 1 is 0.724 bits per heavy atom. The van der Waals surface area contributed by atoms with Crippen LogP contribution in [0.25, 0.3) is 21.8 Å². The van der Waals surface area contributed by atoms with E-state index in [0.29, 0.717) is 18.0 Å². The minimum absolute atomic E-state index is 0.341. The number of nitrogens with zero attached hydrogens (tertiary/aromatic N) is 1. The van der Waals surface area contributed by atoms with Crippen LogP contribution in [0, 0.1) is 0 Å². The molecule has 0 spiro atoms. The SMILES string of the molecule is CC.CC.Cn1c2ccccc2c2ccccc21.O=C1CSc2ccccc2C1. The highest BCUT2D eigenvalue weighted by atomic mass is 32.2. The van der Waals surface area contributed by atoms with Crippen molar-refractivity contribution in [3.8, 4) is 0 Å². The number of benzene rings is 3. The highest BCUT2D eigenvalue weighted by molar-refractivity contribution is 8.00. The molecule has 0 radical (unpaired) electrons. The van der Waals surface area contributed by atoms with E-state index in [1.54, 1.807) is 11.8 Å².